The first-order valence-electron chi connectivity index (χ1n) is 8.93. The molecule has 142 valence electrons. The fourth-order valence-electron chi connectivity index (χ4n) is 4.23. The van der Waals surface area contributed by atoms with Gasteiger partial charge >= 0.3 is 0 Å². The number of hydrogen-bond acceptors (Lipinski definition) is 5. The Kier molecular flexibility index (Phi) is 5.42. The minimum Gasteiger partial charge on any atom is -0.399 e. The molecule has 2 N–H and O–H groups in total. The smallest absolute Gasteiger partial charge is 0.191 e. The monoisotopic (exact) mass is 411 g/mol. The Balaban J connectivity index is 2.35. The lowest BCUT2D eigenvalue weighted by atomic mass is 9.58. The van der Waals surface area contributed by atoms with Gasteiger partial charge < -0.3 is 5.73 Å². The van der Waals surface area contributed by atoms with Gasteiger partial charge in [0.25, 0.3) is 0 Å². The number of benzene rings is 1. The largest absolute Gasteiger partial charge is 0.399 e. The highest BCUT2D eigenvalue weighted by Gasteiger charge is 2.55. The molecule has 0 spiro atoms. The van der Waals surface area contributed by atoms with Crippen molar-refractivity contribution in [2.45, 2.75) is 25.8 Å². The third-order valence-corrected chi connectivity index (χ3v) is 6.57. The molecule has 0 aromatic heterocycles. The van der Waals surface area contributed by atoms with Gasteiger partial charge in [0.15, 0.2) is 5.41 Å². The lowest BCUT2D eigenvalue weighted by Gasteiger charge is -2.46. The topological polar surface area (TPSA) is 101 Å². The highest BCUT2D eigenvalue weighted by atomic mass is 35.5. The predicted molar refractivity (Wildman–Crippen MR) is 108 cm³/mol. The van der Waals surface area contributed by atoms with Crippen molar-refractivity contribution >= 4 is 23.2 Å². The molecule has 0 saturated heterocycles. The minimum atomic E-state index is -1.71. The Morgan fingerprint density at radius 1 is 1.21 bits per heavy atom. The molecule has 3 rings (SSSR count). The zero-order valence-corrected chi connectivity index (χ0v) is 17.1. The van der Waals surface area contributed by atoms with Crippen LogP contribution in [-0.2, 0) is 0 Å². The molecule has 7 heteroatoms. The van der Waals surface area contributed by atoms with Gasteiger partial charge in [-0.3, -0.25) is 4.90 Å². The molecule has 2 aliphatic rings. The molecule has 1 aliphatic carbocycles. The third kappa shape index (κ3) is 2.86. The first-order valence-corrected chi connectivity index (χ1v) is 9.69. The maximum absolute atomic E-state index is 10.1. The minimum absolute atomic E-state index is 0.0125. The number of allylic oxidation sites excluding steroid dienone is 2. The van der Waals surface area contributed by atoms with Gasteiger partial charge in [-0.2, -0.15) is 15.8 Å². The van der Waals surface area contributed by atoms with Crippen molar-refractivity contribution in [3.05, 3.63) is 56.7 Å². The first-order chi connectivity index (χ1) is 13.3. The molecule has 1 aliphatic heterocycles. The van der Waals surface area contributed by atoms with E-state index < -0.39 is 11.3 Å². The van der Waals surface area contributed by atoms with E-state index in [2.05, 4.69) is 37.0 Å². The number of nitrogens with zero attached hydrogens (tertiary/aromatic N) is 4. The Bertz CT molecular complexity index is 989. The molecule has 0 bridgehead atoms. The van der Waals surface area contributed by atoms with Crippen LogP contribution in [0.3, 0.4) is 0 Å². The van der Waals surface area contributed by atoms with Crippen LogP contribution in [0.25, 0.3) is 0 Å². The van der Waals surface area contributed by atoms with E-state index in [0.29, 0.717) is 28.7 Å². The maximum atomic E-state index is 10.1. The average Bonchev–Trinajstić information content (AvgIpc) is 2.69. The second kappa shape index (κ2) is 7.50. The molecule has 1 heterocycles. The molecule has 0 unspecified atom stereocenters. The molecule has 2 atom stereocenters. The van der Waals surface area contributed by atoms with Crippen molar-refractivity contribution in [3.63, 3.8) is 0 Å². The second-order valence-electron chi connectivity index (χ2n) is 7.37. The lowest BCUT2D eigenvalue weighted by Crippen LogP contribution is -2.49. The fourth-order valence-corrected chi connectivity index (χ4v) is 4.65. The van der Waals surface area contributed by atoms with Crippen molar-refractivity contribution in [1.29, 1.82) is 15.8 Å². The molecule has 28 heavy (non-hydrogen) atoms. The summed E-state index contributed by atoms with van der Waals surface area (Å²) in [5.41, 5.74) is 6.17. The van der Waals surface area contributed by atoms with Gasteiger partial charge in [0.05, 0.1) is 33.5 Å². The maximum Gasteiger partial charge on any atom is 0.191 e. The van der Waals surface area contributed by atoms with Gasteiger partial charge in [-0.15, -0.1) is 0 Å². The third-order valence-electron chi connectivity index (χ3n) is 5.74. The van der Waals surface area contributed by atoms with E-state index in [4.69, 9.17) is 28.9 Å². The number of nitrogens with two attached hydrogens (primary N) is 1. The van der Waals surface area contributed by atoms with E-state index in [-0.39, 0.29) is 23.2 Å². The number of nitriles is 3. The summed E-state index contributed by atoms with van der Waals surface area (Å²) in [5, 5.41) is 30.6. The van der Waals surface area contributed by atoms with E-state index in [1.54, 1.807) is 18.2 Å². The molecule has 1 aromatic carbocycles. The second-order valence-corrected chi connectivity index (χ2v) is 8.15. The van der Waals surface area contributed by atoms with E-state index in [9.17, 15) is 15.8 Å². The summed E-state index contributed by atoms with van der Waals surface area (Å²) in [5.74, 6) is -0.924. The molecule has 0 saturated carbocycles. The van der Waals surface area contributed by atoms with Crippen LogP contribution in [0.1, 0.15) is 25.3 Å². The normalized spacial score (nSPS) is 24.0. The van der Waals surface area contributed by atoms with Crippen LogP contribution in [0, 0.1) is 45.3 Å². The summed E-state index contributed by atoms with van der Waals surface area (Å²) < 4.78 is 0. The summed E-state index contributed by atoms with van der Waals surface area (Å²) in [6.45, 7) is 5.42. The van der Waals surface area contributed by atoms with Crippen LogP contribution in [0.4, 0.5) is 0 Å². The van der Waals surface area contributed by atoms with E-state index in [1.807, 2.05) is 6.08 Å². The number of fused-ring (bicyclic) bond motifs is 1. The summed E-state index contributed by atoms with van der Waals surface area (Å²) in [6, 6.07) is 11.8. The Morgan fingerprint density at radius 2 is 1.89 bits per heavy atom. The van der Waals surface area contributed by atoms with E-state index >= 15 is 0 Å². The van der Waals surface area contributed by atoms with Crippen LogP contribution < -0.4 is 5.73 Å². The van der Waals surface area contributed by atoms with E-state index in [0.717, 1.165) is 5.57 Å². The Hall–Kier alpha value is -2.49. The molecular weight excluding hydrogens is 393 g/mol. The molecule has 0 amide bonds. The summed E-state index contributed by atoms with van der Waals surface area (Å²) in [7, 11) is 0. The highest BCUT2D eigenvalue weighted by Crippen LogP contribution is 2.55. The molecule has 0 fully saturated rings. The summed E-state index contributed by atoms with van der Waals surface area (Å²) >= 11 is 12.8. The van der Waals surface area contributed by atoms with Gasteiger partial charge in [-0.1, -0.05) is 41.4 Å². The standard InChI is InChI=1S/C21H19Cl2N5/c1-12(2)28-7-6-13-15(8-24)20(27)21(10-25,11-26)18(16(13)9-28)14-4-3-5-17(22)19(14)23/h3-6,12,16,18H,7,9,27H2,1-2H3/t16-,18-/m0/s1. The Morgan fingerprint density at radius 3 is 2.46 bits per heavy atom. The van der Waals surface area contributed by atoms with Crippen molar-refractivity contribution < 1.29 is 0 Å². The molecule has 5 nitrogen and oxygen atoms in total. The zero-order chi connectivity index (χ0) is 20.6. The lowest BCUT2D eigenvalue weighted by molar-refractivity contribution is 0.174. The number of rotatable bonds is 2. The van der Waals surface area contributed by atoms with Crippen LogP contribution in [-0.4, -0.2) is 24.0 Å². The molecular formula is C21H19Cl2N5. The van der Waals surface area contributed by atoms with Crippen LogP contribution in [0.5, 0.6) is 0 Å². The predicted octanol–water partition coefficient (Wildman–Crippen LogP) is 4.13. The average molecular weight is 412 g/mol. The van der Waals surface area contributed by atoms with Crippen molar-refractivity contribution in [2.24, 2.45) is 17.1 Å². The highest BCUT2D eigenvalue weighted by molar-refractivity contribution is 6.42. The van der Waals surface area contributed by atoms with E-state index in [1.165, 1.54) is 0 Å². The van der Waals surface area contributed by atoms with Gasteiger partial charge in [0.2, 0.25) is 0 Å². The summed E-state index contributed by atoms with van der Waals surface area (Å²) in [4.78, 5) is 2.23. The Labute approximate surface area is 174 Å². The number of halogens is 2. The summed E-state index contributed by atoms with van der Waals surface area (Å²) in [6.07, 6.45) is 1.98. The van der Waals surface area contributed by atoms with Crippen molar-refractivity contribution in [3.8, 4) is 18.2 Å². The first kappa shape index (κ1) is 20.2. The fraction of sp³-hybridized carbons (Fsp3) is 0.381. The number of hydrogen-bond donors (Lipinski definition) is 1. The van der Waals surface area contributed by atoms with Crippen LogP contribution in [0.15, 0.2) is 41.1 Å². The van der Waals surface area contributed by atoms with Crippen LogP contribution >= 0.6 is 23.2 Å². The van der Waals surface area contributed by atoms with Gasteiger partial charge in [-0.25, -0.2) is 0 Å². The molecule has 0 radical (unpaired) electrons. The van der Waals surface area contributed by atoms with Crippen molar-refractivity contribution in [1.82, 2.24) is 4.90 Å². The van der Waals surface area contributed by atoms with Crippen LogP contribution in [0.2, 0.25) is 10.0 Å². The van der Waals surface area contributed by atoms with Crippen molar-refractivity contribution in [2.75, 3.05) is 13.1 Å². The van der Waals surface area contributed by atoms with Gasteiger partial charge in [0.1, 0.15) is 6.07 Å². The zero-order valence-electron chi connectivity index (χ0n) is 15.6. The quantitative estimate of drug-likeness (QED) is 0.787. The van der Waals surface area contributed by atoms with Gasteiger partial charge in [-0.05, 0) is 31.1 Å². The SMILES string of the molecule is CC(C)N1CC=C2C(C#N)=C(N)C(C#N)(C#N)[C@@H](c3cccc(Cl)c3Cl)[C@H]2C1. The van der Waals surface area contributed by atoms with Gasteiger partial charge in [0, 0.05) is 31.0 Å². The molecule has 1 aromatic rings.